The van der Waals surface area contributed by atoms with Crippen LogP contribution in [0.25, 0.3) is 14.8 Å². The molecule has 1 N–H and O–H groups in total. The Kier molecular flexibility index (Phi) is 6.24. The number of benzene rings is 3. The molecule has 33 heavy (non-hydrogen) atoms. The van der Waals surface area contributed by atoms with Gasteiger partial charge in [0.1, 0.15) is 5.82 Å². The summed E-state index contributed by atoms with van der Waals surface area (Å²) in [5.41, 5.74) is 2.06. The number of halogens is 1. The number of rotatable bonds is 6. The molecule has 164 valence electrons. The van der Waals surface area contributed by atoms with E-state index in [0.29, 0.717) is 22.1 Å². The normalized spacial score (nSPS) is 11.1. The third-order valence-electron chi connectivity index (χ3n) is 4.74. The molecule has 0 spiro atoms. The van der Waals surface area contributed by atoms with E-state index in [4.69, 9.17) is 0 Å². The first-order valence-corrected chi connectivity index (χ1v) is 13.2. The summed E-state index contributed by atoms with van der Waals surface area (Å²) in [7, 11) is 0. The van der Waals surface area contributed by atoms with Gasteiger partial charge < -0.3 is 0 Å². The van der Waals surface area contributed by atoms with Crippen molar-refractivity contribution in [3.8, 4) is 5.13 Å². The number of hydrogen-bond acceptors (Lipinski definition) is 6. The second-order valence-corrected chi connectivity index (χ2v) is 11.2. The molecule has 6 nitrogen and oxygen atoms in total. The summed E-state index contributed by atoms with van der Waals surface area (Å²) in [4.78, 5) is 25.0. The maximum atomic E-state index is 13.0. The van der Waals surface area contributed by atoms with Crippen LogP contribution in [-0.4, -0.2) is 34.4 Å². The first-order chi connectivity index (χ1) is 16.1. The fraction of sp³-hybridized carbons (Fsp3) is 0.0435. The van der Waals surface area contributed by atoms with E-state index in [-0.39, 0.29) is 32.0 Å². The van der Waals surface area contributed by atoms with Crippen molar-refractivity contribution in [2.24, 2.45) is 0 Å². The summed E-state index contributed by atoms with van der Waals surface area (Å²) in [6, 6.07) is 20.6. The van der Waals surface area contributed by atoms with Gasteiger partial charge in [-0.05, 0) is 24.3 Å². The van der Waals surface area contributed by atoms with Gasteiger partial charge in [-0.15, -0.1) is 0 Å². The fourth-order valence-electron chi connectivity index (χ4n) is 3.07. The third-order valence-corrected chi connectivity index (χ3v) is 9.37. The number of aromatic nitrogens is 3. The molecule has 2 aromatic heterocycles. The molecule has 5 aromatic rings. The monoisotopic (exact) mass is 542 g/mol. The zero-order chi connectivity index (χ0) is 22.8. The summed E-state index contributed by atoms with van der Waals surface area (Å²) in [5, 5.41) is 12.5. The Bertz CT molecular complexity index is 1490. The van der Waals surface area contributed by atoms with Gasteiger partial charge in [0.15, 0.2) is 0 Å². The molecule has 0 unspecified atom stereocenters. The minimum atomic E-state index is -0.351. The predicted octanol–water partition coefficient (Wildman–Crippen LogP) is 4.58. The van der Waals surface area contributed by atoms with E-state index in [1.165, 1.54) is 47.4 Å². The van der Waals surface area contributed by atoms with Gasteiger partial charge in [0.25, 0.3) is 0 Å². The van der Waals surface area contributed by atoms with E-state index in [1.807, 2.05) is 36.4 Å². The molecule has 0 atom stereocenters. The molecule has 0 radical (unpaired) electrons. The molecule has 0 aliphatic rings. The molecule has 5 rings (SSSR count). The molecular weight excluding hydrogens is 526 g/mol. The van der Waals surface area contributed by atoms with E-state index in [0.717, 1.165) is 19.5 Å². The zero-order valence-corrected chi connectivity index (χ0v) is 20.2. The van der Waals surface area contributed by atoms with Crippen molar-refractivity contribution in [2.75, 3.05) is 5.32 Å². The molecule has 0 saturated heterocycles. The SMILES string of the molecule is O=C(Nc1ccc(F)cc1)c1ccc(CSc2nnc(-n3[se]c4ccccc4c3=O)s2)cc1. The van der Waals surface area contributed by atoms with Crippen LogP contribution in [0.4, 0.5) is 10.1 Å². The number of carbonyl (C=O) groups is 1. The number of fused-ring (bicyclic) bond motifs is 1. The summed E-state index contributed by atoms with van der Waals surface area (Å²) in [6.45, 7) is 0. The van der Waals surface area contributed by atoms with Crippen molar-refractivity contribution < 1.29 is 9.18 Å². The predicted molar refractivity (Wildman–Crippen MR) is 130 cm³/mol. The molecule has 10 heteroatoms. The van der Waals surface area contributed by atoms with Crippen molar-refractivity contribution in [2.45, 2.75) is 10.1 Å². The van der Waals surface area contributed by atoms with Crippen molar-refractivity contribution in [3.63, 3.8) is 0 Å². The average molecular weight is 541 g/mol. The average Bonchev–Trinajstić information content (AvgIpc) is 3.44. The van der Waals surface area contributed by atoms with Gasteiger partial charge in [-0.2, -0.15) is 0 Å². The number of carbonyl (C=O) groups excluding carboxylic acids is 1. The van der Waals surface area contributed by atoms with E-state index >= 15 is 0 Å². The maximum absolute atomic E-state index is 13.0. The van der Waals surface area contributed by atoms with E-state index in [1.54, 1.807) is 15.7 Å². The molecule has 3 aromatic carbocycles. The van der Waals surface area contributed by atoms with Crippen LogP contribution in [-0.2, 0) is 5.75 Å². The Morgan fingerprint density at radius 3 is 2.55 bits per heavy atom. The van der Waals surface area contributed by atoms with Crippen molar-refractivity contribution >= 4 is 59.1 Å². The molecule has 1 amide bonds. The van der Waals surface area contributed by atoms with Gasteiger partial charge in [0.2, 0.25) is 0 Å². The molecule has 0 saturated carbocycles. The fourth-order valence-corrected chi connectivity index (χ4v) is 7.06. The molecule has 0 aliphatic carbocycles. The Morgan fingerprint density at radius 1 is 1.03 bits per heavy atom. The number of anilines is 1. The van der Waals surface area contributed by atoms with E-state index in [2.05, 4.69) is 15.5 Å². The van der Waals surface area contributed by atoms with Gasteiger partial charge in [0, 0.05) is 5.69 Å². The van der Waals surface area contributed by atoms with Crippen LogP contribution in [0.2, 0.25) is 0 Å². The summed E-state index contributed by atoms with van der Waals surface area (Å²) < 4.78 is 16.6. The van der Waals surface area contributed by atoms with Crippen molar-refractivity contribution in [1.82, 2.24) is 13.8 Å². The van der Waals surface area contributed by atoms with Crippen LogP contribution < -0.4 is 10.9 Å². The Balaban J connectivity index is 1.22. The van der Waals surface area contributed by atoms with Gasteiger partial charge in [-0.25, -0.2) is 4.39 Å². The first-order valence-electron chi connectivity index (χ1n) is 9.80. The van der Waals surface area contributed by atoms with Gasteiger partial charge in [-0.1, -0.05) is 0 Å². The second-order valence-electron chi connectivity index (χ2n) is 6.98. The van der Waals surface area contributed by atoms with Crippen LogP contribution >= 0.6 is 23.1 Å². The summed E-state index contributed by atoms with van der Waals surface area (Å²) in [5.74, 6) is 0.0524. The zero-order valence-electron chi connectivity index (χ0n) is 16.9. The molecule has 0 aliphatic heterocycles. The Hall–Kier alpha value is -3.04. The minimum absolute atomic E-state index is 0.0206. The van der Waals surface area contributed by atoms with E-state index in [9.17, 15) is 14.0 Å². The number of hydrogen-bond donors (Lipinski definition) is 1. The number of nitrogens with one attached hydrogen (secondary N) is 1. The van der Waals surface area contributed by atoms with Crippen LogP contribution in [0, 0.1) is 5.82 Å². The van der Waals surface area contributed by atoms with Gasteiger partial charge in [0.05, 0.1) is 0 Å². The molecule has 0 bridgehead atoms. The van der Waals surface area contributed by atoms with Crippen molar-refractivity contribution in [3.05, 3.63) is 100 Å². The summed E-state index contributed by atoms with van der Waals surface area (Å²) in [6.07, 6.45) is 0. The van der Waals surface area contributed by atoms with Crippen LogP contribution in [0.15, 0.2) is 81.9 Å². The molecular formula is C23H15FN4O2S2Se. The summed E-state index contributed by atoms with van der Waals surface area (Å²) >= 11 is 2.81. The van der Waals surface area contributed by atoms with Crippen molar-refractivity contribution in [1.29, 1.82) is 0 Å². The van der Waals surface area contributed by atoms with Gasteiger partial charge >= 0.3 is 162 Å². The quantitative estimate of drug-likeness (QED) is 0.252. The third kappa shape index (κ3) is 4.84. The molecule has 2 heterocycles. The Labute approximate surface area is 202 Å². The number of thioether (sulfide) groups is 1. The number of nitrogens with zero attached hydrogens (tertiary/aromatic N) is 3. The Morgan fingerprint density at radius 2 is 1.79 bits per heavy atom. The van der Waals surface area contributed by atoms with Crippen LogP contribution in [0.3, 0.4) is 0 Å². The topological polar surface area (TPSA) is 76.9 Å². The van der Waals surface area contributed by atoms with Crippen LogP contribution in [0.5, 0.6) is 0 Å². The second kappa shape index (κ2) is 9.44. The van der Waals surface area contributed by atoms with E-state index < -0.39 is 0 Å². The standard InChI is InChI=1S/C23H15FN4O2S2Se/c24-16-9-11-17(12-10-16)25-20(29)15-7-5-14(6-8-15)13-31-23-27-26-22(32-23)28-21(30)18-3-1-2-4-19(18)33-28/h1-12H,13H2,(H,25,29). The molecule has 0 fully saturated rings. The first kappa shape index (κ1) is 21.8. The van der Waals surface area contributed by atoms with Crippen LogP contribution in [0.1, 0.15) is 15.9 Å². The van der Waals surface area contributed by atoms with Gasteiger partial charge in [-0.3, -0.25) is 0 Å². The number of amides is 1.